The van der Waals surface area contributed by atoms with E-state index in [1.807, 2.05) is 0 Å². The summed E-state index contributed by atoms with van der Waals surface area (Å²) >= 11 is 0. The van der Waals surface area contributed by atoms with Crippen LogP contribution in [0, 0.1) is 0 Å². The summed E-state index contributed by atoms with van der Waals surface area (Å²) in [6.07, 6.45) is 0. The van der Waals surface area contributed by atoms with E-state index in [4.69, 9.17) is 0 Å². The zero-order valence-electron chi connectivity index (χ0n) is 19.7. The molecular formula is C28H34N2. The fourth-order valence-corrected chi connectivity index (χ4v) is 4.25. The maximum absolute atomic E-state index is 2.43. The van der Waals surface area contributed by atoms with Crippen molar-refractivity contribution in [3.8, 4) is 5.69 Å². The fourth-order valence-electron chi connectivity index (χ4n) is 4.25. The number of hydrogen-bond acceptors (Lipinski definition) is 1. The van der Waals surface area contributed by atoms with Gasteiger partial charge in [-0.1, -0.05) is 65.8 Å². The molecule has 0 amide bonds. The highest BCUT2D eigenvalue weighted by atomic mass is 15.1. The molecule has 4 rings (SSSR count). The van der Waals surface area contributed by atoms with Gasteiger partial charge in [0.2, 0.25) is 0 Å². The summed E-state index contributed by atoms with van der Waals surface area (Å²) in [5.74, 6) is 0. The van der Waals surface area contributed by atoms with Crippen molar-refractivity contribution in [1.82, 2.24) is 4.57 Å². The van der Waals surface area contributed by atoms with E-state index in [2.05, 4.69) is 126 Å². The monoisotopic (exact) mass is 398 g/mol. The number of fused-ring (bicyclic) bond motifs is 3. The van der Waals surface area contributed by atoms with Crippen molar-refractivity contribution in [1.29, 1.82) is 0 Å². The molecule has 1 aromatic heterocycles. The largest absolute Gasteiger partial charge is 0.376 e. The van der Waals surface area contributed by atoms with Crippen LogP contribution in [0.4, 0.5) is 5.69 Å². The molecular weight excluding hydrogens is 364 g/mol. The summed E-state index contributed by atoms with van der Waals surface area (Å²) < 4.78 is 2.43. The lowest BCUT2D eigenvalue weighted by Gasteiger charge is -2.21. The van der Waals surface area contributed by atoms with Crippen molar-refractivity contribution >= 4 is 27.5 Å². The van der Waals surface area contributed by atoms with E-state index < -0.39 is 0 Å². The van der Waals surface area contributed by atoms with Crippen molar-refractivity contribution in [2.24, 2.45) is 0 Å². The van der Waals surface area contributed by atoms with Gasteiger partial charge >= 0.3 is 0 Å². The Morgan fingerprint density at radius 2 is 1.10 bits per heavy atom. The van der Waals surface area contributed by atoms with Crippen molar-refractivity contribution < 1.29 is 0 Å². The van der Waals surface area contributed by atoms with Crippen LogP contribution in [0.15, 0.2) is 60.7 Å². The zero-order valence-corrected chi connectivity index (χ0v) is 19.7. The smallest absolute Gasteiger partial charge is 0.0695 e. The molecule has 0 aliphatic carbocycles. The first-order valence-corrected chi connectivity index (χ1v) is 10.8. The van der Waals surface area contributed by atoms with Gasteiger partial charge in [0.05, 0.1) is 22.4 Å². The lowest BCUT2D eigenvalue weighted by Crippen LogP contribution is -2.12. The first-order chi connectivity index (χ1) is 14.0. The van der Waals surface area contributed by atoms with Gasteiger partial charge < -0.3 is 9.47 Å². The van der Waals surface area contributed by atoms with Crippen LogP contribution in [0.25, 0.3) is 27.5 Å². The molecule has 0 aliphatic heterocycles. The van der Waals surface area contributed by atoms with Gasteiger partial charge in [0.15, 0.2) is 0 Å². The summed E-state index contributed by atoms with van der Waals surface area (Å²) in [5, 5.41) is 2.66. The molecule has 156 valence electrons. The minimum absolute atomic E-state index is 0.117. The lowest BCUT2D eigenvalue weighted by molar-refractivity contribution is 0.590. The number of nitrogens with zero attached hydrogens (tertiary/aromatic N) is 2. The molecule has 3 aromatic carbocycles. The molecule has 0 fully saturated rings. The average molecular weight is 399 g/mol. The maximum atomic E-state index is 2.43. The third kappa shape index (κ3) is 3.39. The van der Waals surface area contributed by atoms with Crippen LogP contribution in [0.3, 0.4) is 0 Å². The first kappa shape index (κ1) is 20.5. The molecule has 0 spiro atoms. The number of anilines is 1. The van der Waals surface area contributed by atoms with Gasteiger partial charge in [0.1, 0.15) is 0 Å². The van der Waals surface area contributed by atoms with Crippen LogP contribution >= 0.6 is 0 Å². The maximum Gasteiger partial charge on any atom is 0.0695 e. The molecule has 0 saturated heterocycles. The number of aromatic nitrogens is 1. The summed E-state index contributed by atoms with van der Waals surface area (Å²) in [5.41, 5.74) is 7.94. The quantitative estimate of drug-likeness (QED) is 0.340. The Bertz CT molecular complexity index is 1160. The molecule has 0 aliphatic rings. The Hall–Kier alpha value is -2.74. The van der Waals surface area contributed by atoms with Gasteiger partial charge in [-0.05, 0) is 58.4 Å². The van der Waals surface area contributed by atoms with Crippen LogP contribution in [-0.2, 0) is 10.8 Å². The van der Waals surface area contributed by atoms with Crippen LogP contribution in [0.2, 0.25) is 0 Å². The molecule has 2 heteroatoms. The van der Waals surface area contributed by atoms with Crippen LogP contribution in [0.5, 0.6) is 0 Å². The molecule has 0 bridgehead atoms. The molecule has 2 nitrogen and oxygen atoms in total. The summed E-state index contributed by atoms with van der Waals surface area (Å²) in [4.78, 5) is 2.19. The minimum atomic E-state index is 0.117. The Balaban J connectivity index is 2.15. The van der Waals surface area contributed by atoms with Gasteiger partial charge in [-0.15, -0.1) is 0 Å². The third-order valence-corrected chi connectivity index (χ3v) is 6.10. The predicted molar refractivity (Wildman–Crippen MR) is 133 cm³/mol. The van der Waals surface area contributed by atoms with Gasteiger partial charge in [-0.25, -0.2) is 0 Å². The highest BCUT2D eigenvalue weighted by Crippen LogP contribution is 2.39. The summed E-state index contributed by atoms with van der Waals surface area (Å²) in [7, 11) is 4.23. The normalized spacial score (nSPS) is 12.7. The van der Waals surface area contributed by atoms with Gasteiger partial charge in [-0.3, -0.25) is 0 Å². The SMILES string of the molecule is CN(C)c1ccccc1-n1c2ccc(C(C)(C)C)cc2c2cc(C(C)(C)C)ccc21. The molecule has 0 atom stereocenters. The van der Waals surface area contributed by atoms with E-state index in [0.29, 0.717) is 0 Å². The Morgan fingerprint density at radius 3 is 1.53 bits per heavy atom. The predicted octanol–water partition coefficient (Wildman–Crippen LogP) is 7.44. The standard InChI is InChI=1S/C28H34N2/c1-27(2,3)19-13-15-23-21(17-19)22-18-20(28(4,5)6)14-16-24(22)30(23)26-12-10-9-11-25(26)29(7)8/h9-18H,1-8H3. The second-order valence-electron chi connectivity index (χ2n) is 10.7. The van der Waals surface area contributed by atoms with Crippen LogP contribution < -0.4 is 4.90 Å². The second-order valence-corrected chi connectivity index (χ2v) is 10.7. The third-order valence-electron chi connectivity index (χ3n) is 6.10. The van der Waals surface area contributed by atoms with Gasteiger partial charge in [-0.2, -0.15) is 0 Å². The van der Waals surface area contributed by atoms with E-state index in [1.54, 1.807) is 0 Å². The van der Waals surface area contributed by atoms with Crippen LogP contribution in [-0.4, -0.2) is 18.7 Å². The molecule has 0 saturated carbocycles. The highest BCUT2D eigenvalue weighted by molar-refractivity contribution is 6.10. The van der Waals surface area contributed by atoms with E-state index in [9.17, 15) is 0 Å². The Labute approximate surface area is 181 Å². The van der Waals surface area contributed by atoms with Gasteiger partial charge in [0.25, 0.3) is 0 Å². The summed E-state index contributed by atoms with van der Waals surface area (Å²) in [6, 6.07) is 22.7. The lowest BCUT2D eigenvalue weighted by atomic mass is 9.85. The molecule has 4 aromatic rings. The number of rotatable bonds is 2. The first-order valence-electron chi connectivity index (χ1n) is 10.8. The van der Waals surface area contributed by atoms with Crippen molar-refractivity contribution in [3.05, 3.63) is 71.8 Å². The van der Waals surface area contributed by atoms with Crippen molar-refractivity contribution in [3.63, 3.8) is 0 Å². The molecule has 0 unspecified atom stereocenters. The van der Waals surface area contributed by atoms with Crippen molar-refractivity contribution in [2.45, 2.75) is 52.4 Å². The molecule has 0 N–H and O–H groups in total. The van der Waals surface area contributed by atoms with Gasteiger partial charge in [0, 0.05) is 24.9 Å². The average Bonchev–Trinajstić information content (AvgIpc) is 2.99. The Morgan fingerprint density at radius 1 is 0.633 bits per heavy atom. The van der Waals surface area contributed by atoms with Crippen molar-refractivity contribution in [2.75, 3.05) is 19.0 Å². The zero-order chi connectivity index (χ0) is 21.8. The number of para-hydroxylation sites is 2. The second kappa shape index (κ2) is 6.91. The number of benzene rings is 3. The highest BCUT2D eigenvalue weighted by Gasteiger charge is 2.21. The van der Waals surface area contributed by atoms with E-state index in [-0.39, 0.29) is 10.8 Å². The fraction of sp³-hybridized carbons (Fsp3) is 0.357. The number of hydrogen-bond donors (Lipinski definition) is 0. The minimum Gasteiger partial charge on any atom is -0.376 e. The topological polar surface area (TPSA) is 8.17 Å². The summed E-state index contributed by atoms with van der Waals surface area (Å²) in [6.45, 7) is 13.7. The molecule has 1 heterocycles. The molecule has 0 radical (unpaired) electrons. The van der Waals surface area contributed by atoms with E-state index >= 15 is 0 Å². The van der Waals surface area contributed by atoms with E-state index in [0.717, 1.165) is 0 Å². The Kier molecular flexibility index (Phi) is 4.73. The van der Waals surface area contributed by atoms with E-state index in [1.165, 1.54) is 44.3 Å². The van der Waals surface area contributed by atoms with Crippen LogP contribution in [0.1, 0.15) is 52.7 Å². The molecule has 30 heavy (non-hydrogen) atoms.